The Morgan fingerprint density at radius 1 is 1.28 bits per heavy atom. The van der Waals surface area contributed by atoms with Gasteiger partial charge >= 0.3 is 11.7 Å². The SMILES string of the molecule is Cc1cn([C@@H]2O[C@H](COC(=O)c3ccccc3)[C@@](C#N)(NS(C)(=O)=O)[C@H]2O[Si](C)(C)C)c(=O)[nH]c1=O. The fourth-order valence-electron chi connectivity index (χ4n) is 3.84. The molecule has 1 aliphatic rings. The number of carbonyl (C=O) groups excluding carboxylic acids is 1. The highest BCUT2D eigenvalue weighted by molar-refractivity contribution is 7.88. The average molecular weight is 537 g/mol. The van der Waals surface area contributed by atoms with Gasteiger partial charge in [0.15, 0.2) is 20.1 Å². The van der Waals surface area contributed by atoms with Gasteiger partial charge < -0.3 is 13.9 Å². The van der Waals surface area contributed by atoms with Crippen LogP contribution < -0.4 is 16.0 Å². The van der Waals surface area contributed by atoms with Crippen LogP contribution >= 0.6 is 0 Å². The second-order valence-corrected chi connectivity index (χ2v) is 15.7. The number of carbonyl (C=O) groups is 1. The van der Waals surface area contributed by atoms with Crippen molar-refractivity contribution >= 4 is 24.3 Å². The molecule has 3 rings (SSSR count). The molecule has 0 unspecified atom stereocenters. The van der Waals surface area contributed by atoms with Crippen LogP contribution in [0.4, 0.5) is 0 Å². The van der Waals surface area contributed by atoms with E-state index in [0.717, 1.165) is 10.8 Å². The number of nitriles is 1. The number of aromatic nitrogens is 2. The van der Waals surface area contributed by atoms with Gasteiger partial charge in [-0.25, -0.2) is 18.0 Å². The van der Waals surface area contributed by atoms with Crippen molar-refractivity contribution in [1.29, 1.82) is 5.26 Å². The maximum Gasteiger partial charge on any atom is 0.338 e. The fourth-order valence-corrected chi connectivity index (χ4v) is 5.81. The number of rotatable bonds is 8. The van der Waals surface area contributed by atoms with Gasteiger partial charge in [0.05, 0.1) is 17.9 Å². The van der Waals surface area contributed by atoms with Crippen LogP contribution in [0.5, 0.6) is 0 Å². The van der Waals surface area contributed by atoms with Crippen molar-refractivity contribution in [2.45, 2.75) is 50.5 Å². The number of hydrogen-bond acceptors (Lipinski definition) is 9. The van der Waals surface area contributed by atoms with Crippen molar-refractivity contribution in [3.8, 4) is 6.07 Å². The Labute approximate surface area is 209 Å². The summed E-state index contributed by atoms with van der Waals surface area (Å²) in [7, 11) is -6.53. The monoisotopic (exact) mass is 536 g/mol. The van der Waals surface area contributed by atoms with Crippen LogP contribution in [-0.4, -0.2) is 62.9 Å². The quantitative estimate of drug-likeness (QED) is 0.363. The largest absolute Gasteiger partial charge is 0.459 e. The molecule has 194 valence electrons. The molecule has 4 atom stereocenters. The zero-order valence-electron chi connectivity index (χ0n) is 20.5. The summed E-state index contributed by atoms with van der Waals surface area (Å²) in [4.78, 5) is 39.4. The summed E-state index contributed by atoms with van der Waals surface area (Å²) < 4.78 is 45.8. The lowest BCUT2D eigenvalue weighted by atomic mass is 9.91. The zero-order valence-corrected chi connectivity index (χ0v) is 22.3. The lowest BCUT2D eigenvalue weighted by Gasteiger charge is -2.36. The van der Waals surface area contributed by atoms with E-state index in [4.69, 9.17) is 13.9 Å². The number of sulfonamides is 1. The van der Waals surface area contributed by atoms with E-state index in [-0.39, 0.29) is 11.1 Å². The first-order valence-corrected chi connectivity index (χ1v) is 16.2. The number of ether oxygens (including phenoxy) is 2. The summed E-state index contributed by atoms with van der Waals surface area (Å²) in [6, 6.07) is 10.1. The van der Waals surface area contributed by atoms with E-state index in [9.17, 15) is 28.1 Å². The summed E-state index contributed by atoms with van der Waals surface area (Å²) >= 11 is 0. The molecule has 1 aromatic heterocycles. The van der Waals surface area contributed by atoms with E-state index in [1.54, 1.807) is 18.2 Å². The van der Waals surface area contributed by atoms with E-state index in [0.29, 0.717) is 0 Å². The minimum absolute atomic E-state index is 0.183. The van der Waals surface area contributed by atoms with Gasteiger partial charge in [-0.05, 0) is 38.7 Å². The second kappa shape index (κ2) is 10.1. The Hall–Kier alpha value is -3.09. The summed E-state index contributed by atoms with van der Waals surface area (Å²) in [5, 5.41) is 10.3. The van der Waals surface area contributed by atoms with E-state index < -0.39 is 66.1 Å². The predicted octanol–water partition coefficient (Wildman–Crippen LogP) is 0.631. The van der Waals surface area contributed by atoms with Gasteiger partial charge in [-0.15, -0.1) is 0 Å². The topological polar surface area (TPSA) is 170 Å². The number of benzene rings is 1. The lowest BCUT2D eigenvalue weighted by Crippen LogP contribution is -2.63. The molecular formula is C22H28N4O8SSi. The minimum Gasteiger partial charge on any atom is -0.459 e. The van der Waals surface area contributed by atoms with Crippen LogP contribution in [0.3, 0.4) is 0 Å². The standard InChI is InChI=1S/C22H28N4O8SSi/c1-14-11-26(21(29)24-18(14)27)19-17(34-36(3,4)5)22(13-23,25-35(2,30)31)16(33-19)12-32-20(28)15-9-7-6-8-10-15/h6-11,16-17,19,25H,12H2,1-5H3,(H,24,27,29)/t16-,17+,19-,22-/m1/s1. The number of nitrogens with one attached hydrogen (secondary N) is 2. The van der Waals surface area contributed by atoms with Gasteiger partial charge in [-0.2, -0.15) is 9.98 Å². The molecule has 36 heavy (non-hydrogen) atoms. The molecule has 1 aliphatic heterocycles. The molecule has 0 amide bonds. The number of aryl methyl sites for hydroxylation is 1. The Morgan fingerprint density at radius 2 is 1.92 bits per heavy atom. The molecular weight excluding hydrogens is 508 g/mol. The highest BCUT2D eigenvalue weighted by atomic mass is 32.2. The summed E-state index contributed by atoms with van der Waals surface area (Å²) in [6.07, 6.45) is -1.90. The normalized spacial score (nSPS) is 24.3. The average Bonchev–Trinajstić information content (AvgIpc) is 3.05. The molecule has 0 aliphatic carbocycles. The molecule has 1 fully saturated rings. The van der Waals surface area contributed by atoms with Crippen LogP contribution in [0.2, 0.25) is 19.6 Å². The van der Waals surface area contributed by atoms with Crippen molar-refractivity contribution in [2.24, 2.45) is 0 Å². The molecule has 0 saturated carbocycles. The van der Waals surface area contributed by atoms with Crippen molar-refractivity contribution in [3.63, 3.8) is 0 Å². The van der Waals surface area contributed by atoms with Crippen LogP contribution in [0, 0.1) is 18.3 Å². The van der Waals surface area contributed by atoms with Crippen molar-refractivity contribution < 1.29 is 27.1 Å². The number of nitrogens with zero attached hydrogens (tertiary/aromatic N) is 2. The predicted molar refractivity (Wildman–Crippen MR) is 131 cm³/mol. The van der Waals surface area contributed by atoms with Crippen molar-refractivity contribution in [1.82, 2.24) is 14.3 Å². The number of esters is 1. The highest BCUT2D eigenvalue weighted by Crippen LogP contribution is 2.41. The maximum absolute atomic E-state index is 12.7. The van der Waals surface area contributed by atoms with Gasteiger partial charge in [0.25, 0.3) is 5.56 Å². The highest BCUT2D eigenvalue weighted by Gasteiger charge is 2.61. The molecule has 1 aromatic carbocycles. The molecule has 0 bridgehead atoms. The van der Waals surface area contributed by atoms with E-state index in [1.807, 2.05) is 25.7 Å². The van der Waals surface area contributed by atoms with Gasteiger partial charge in [-0.3, -0.25) is 14.3 Å². The van der Waals surface area contributed by atoms with Crippen LogP contribution in [0.25, 0.3) is 0 Å². The third-order valence-electron chi connectivity index (χ3n) is 5.33. The molecule has 12 nitrogen and oxygen atoms in total. The fraction of sp³-hybridized carbons (Fsp3) is 0.455. The molecule has 1 saturated heterocycles. The molecule has 0 spiro atoms. The maximum atomic E-state index is 12.7. The van der Waals surface area contributed by atoms with Crippen molar-refractivity contribution in [2.75, 3.05) is 12.9 Å². The zero-order chi connectivity index (χ0) is 26.9. The Morgan fingerprint density at radius 3 is 2.47 bits per heavy atom. The molecule has 0 radical (unpaired) electrons. The number of hydrogen-bond donors (Lipinski definition) is 2. The first-order chi connectivity index (χ1) is 16.7. The second-order valence-electron chi connectivity index (χ2n) is 9.46. The van der Waals surface area contributed by atoms with E-state index in [1.165, 1.54) is 25.3 Å². The number of aromatic amines is 1. The minimum atomic E-state index is -4.02. The molecule has 2 heterocycles. The summed E-state index contributed by atoms with van der Waals surface area (Å²) in [6.45, 7) is 6.40. The summed E-state index contributed by atoms with van der Waals surface area (Å²) in [5.74, 6) is -0.714. The van der Waals surface area contributed by atoms with Gasteiger partial charge in [0.1, 0.15) is 18.8 Å². The number of H-pyrrole nitrogens is 1. The van der Waals surface area contributed by atoms with Gasteiger partial charge in [0.2, 0.25) is 10.0 Å². The van der Waals surface area contributed by atoms with Gasteiger partial charge in [-0.1, -0.05) is 18.2 Å². The van der Waals surface area contributed by atoms with E-state index in [2.05, 4.69) is 9.71 Å². The van der Waals surface area contributed by atoms with Crippen LogP contribution in [0.15, 0.2) is 46.1 Å². The molecule has 2 N–H and O–H groups in total. The Kier molecular flexibility index (Phi) is 7.72. The van der Waals surface area contributed by atoms with Crippen LogP contribution in [-0.2, 0) is 23.9 Å². The smallest absolute Gasteiger partial charge is 0.338 e. The van der Waals surface area contributed by atoms with Crippen molar-refractivity contribution in [3.05, 3.63) is 68.5 Å². The first-order valence-electron chi connectivity index (χ1n) is 10.9. The Bertz CT molecular complexity index is 1390. The lowest BCUT2D eigenvalue weighted by molar-refractivity contribution is -0.0553. The third-order valence-corrected chi connectivity index (χ3v) is 7.00. The van der Waals surface area contributed by atoms with Gasteiger partial charge in [0, 0.05) is 11.8 Å². The summed E-state index contributed by atoms with van der Waals surface area (Å²) in [5.41, 5.74) is -3.09. The molecule has 2 aromatic rings. The third kappa shape index (κ3) is 5.99. The first kappa shape index (κ1) is 27.5. The van der Waals surface area contributed by atoms with Crippen LogP contribution in [0.1, 0.15) is 22.1 Å². The molecule has 14 heteroatoms. The van der Waals surface area contributed by atoms with E-state index >= 15 is 0 Å². The Balaban J connectivity index is 2.12.